The van der Waals surface area contributed by atoms with Gasteiger partial charge < -0.3 is 5.32 Å². The Bertz CT molecular complexity index is 1820. The van der Waals surface area contributed by atoms with Crippen LogP contribution in [0.25, 0.3) is 32.5 Å². The molecule has 4 heterocycles. The molecule has 1 N–H and O–H groups in total. The fourth-order valence-corrected chi connectivity index (χ4v) is 5.36. The van der Waals surface area contributed by atoms with Crippen LogP contribution >= 0.6 is 11.3 Å². The van der Waals surface area contributed by atoms with Gasteiger partial charge in [0.15, 0.2) is 5.65 Å². The Kier molecular flexibility index (Phi) is 5.61. The van der Waals surface area contributed by atoms with Crippen molar-refractivity contribution in [3.05, 3.63) is 112 Å². The quantitative estimate of drug-likeness (QED) is 0.357. The summed E-state index contributed by atoms with van der Waals surface area (Å²) in [5.74, 6) is -0.302. The molecule has 0 aliphatic carbocycles. The lowest BCUT2D eigenvalue weighted by molar-refractivity contribution is 0.0939. The predicted molar refractivity (Wildman–Crippen MR) is 144 cm³/mol. The number of amides is 1. The molecule has 0 aliphatic heterocycles. The number of carbonyl (C=O) groups is 1. The molecule has 1 amide bonds. The lowest BCUT2D eigenvalue weighted by Gasteiger charge is -2.21. The van der Waals surface area contributed by atoms with E-state index in [2.05, 4.69) is 20.4 Å². The number of carbonyl (C=O) groups excluding carboxylic acids is 1. The van der Waals surface area contributed by atoms with Gasteiger partial charge in [-0.1, -0.05) is 36.4 Å². The first-order valence-corrected chi connectivity index (χ1v) is 12.6. The summed E-state index contributed by atoms with van der Waals surface area (Å²) in [5, 5.41) is 8.89. The lowest BCUT2D eigenvalue weighted by Crippen LogP contribution is -2.32. The van der Waals surface area contributed by atoms with Crippen molar-refractivity contribution in [2.75, 3.05) is 0 Å². The maximum atomic E-state index is 14.1. The highest BCUT2D eigenvalue weighted by atomic mass is 32.1. The van der Waals surface area contributed by atoms with E-state index in [4.69, 9.17) is 0 Å². The SMILES string of the molecule is Cc1nn2cccnc2c1C(=O)N[C@@H](C)c1cc2cccc(-c3cncs3)c2c(=O)n1-c1ccccc1. The number of para-hydroxylation sites is 1. The molecule has 8 nitrogen and oxygen atoms in total. The molecule has 2 aromatic carbocycles. The first kappa shape index (κ1) is 22.8. The largest absolute Gasteiger partial charge is 0.344 e. The molecule has 0 spiro atoms. The summed E-state index contributed by atoms with van der Waals surface area (Å²) in [4.78, 5) is 37.0. The Hall–Kier alpha value is -4.63. The summed E-state index contributed by atoms with van der Waals surface area (Å²) in [7, 11) is 0. The zero-order valence-corrected chi connectivity index (χ0v) is 20.9. The van der Waals surface area contributed by atoms with E-state index in [-0.39, 0.29) is 11.5 Å². The number of fused-ring (bicyclic) bond motifs is 2. The number of hydrogen-bond acceptors (Lipinski definition) is 6. The molecule has 0 saturated heterocycles. The van der Waals surface area contributed by atoms with Crippen molar-refractivity contribution in [2.45, 2.75) is 19.9 Å². The van der Waals surface area contributed by atoms with Gasteiger partial charge in [-0.15, -0.1) is 11.3 Å². The zero-order chi connectivity index (χ0) is 25.5. The second-order valence-corrected chi connectivity index (χ2v) is 9.61. The maximum Gasteiger partial charge on any atom is 0.263 e. The van der Waals surface area contributed by atoms with Gasteiger partial charge in [0.25, 0.3) is 11.5 Å². The van der Waals surface area contributed by atoms with Crippen molar-refractivity contribution in [3.8, 4) is 16.1 Å². The van der Waals surface area contributed by atoms with Crippen LogP contribution in [0.15, 0.2) is 89.6 Å². The Morgan fingerprint density at radius 1 is 1.08 bits per heavy atom. The molecule has 9 heteroatoms. The first-order valence-electron chi connectivity index (χ1n) is 11.8. The average molecular weight is 507 g/mol. The standard InChI is InChI=1S/C28H22N6O2S/c1-17(31-27(35)24-18(2)32-33-13-7-12-30-26(24)33)22-14-19-8-6-11-21(23-15-29-16-37-23)25(19)28(36)34(22)20-9-4-3-5-10-20/h3-17H,1-2H3,(H,31,35)/t17-/m0/s1. The van der Waals surface area contributed by atoms with Crippen LogP contribution in [0.1, 0.15) is 34.7 Å². The van der Waals surface area contributed by atoms with E-state index >= 15 is 0 Å². The van der Waals surface area contributed by atoms with Crippen LogP contribution in [0.4, 0.5) is 0 Å². The van der Waals surface area contributed by atoms with E-state index in [0.717, 1.165) is 21.5 Å². The van der Waals surface area contributed by atoms with Crippen molar-refractivity contribution in [1.29, 1.82) is 0 Å². The molecule has 0 unspecified atom stereocenters. The van der Waals surface area contributed by atoms with Gasteiger partial charge in [0.05, 0.1) is 27.5 Å². The minimum absolute atomic E-state index is 0.155. The van der Waals surface area contributed by atoms with E-state index in [1.165, 1.54) is 11.3 Å². The molecule has 37 heavy (non-hydrogen) atoms. The summed E-state index contributed by atoms with van der Waals surface area (Å²) in [5.41, 5.74) is 5.30. The number of nitrogens with zero attached hydrogens (tertiary/aromatic N) is 5. The number of hydrogen-bond donors (Lipinski definition) is 1. The molecule has 6 rings (SSSR count). The number of thiazole rings is 1. The number of nitrogens with one attached hydrogen (secondary N) is 1. The van der Waals surface area contributed by atoms with Gasteiger partial charge in [-0.2, -0.15) is 5.10 Å². The normalized spacial score (nSPS) is 12.2. The van der Waals surface area contributed by atoms with Crippen molar-refractivity contribution >= 4 is 33.7 Å². The molecule has 0 aliphatic rings. The zero-order valence-electron chi connectivity index (χ0n) is 20.1. The second-order valence-electron chi connectivity index (χ2n) is 8.72. The van der Waals surface area contributed by atoms with Gasteiger partial charge in [-0.05, 0) is 43.5 Å². The van der Waals surface area contributed by atoms with Crippen LogP contribution in [0.3, 0.4) is 0 Å². The Labute approximate surface area is 215 Å². The van der Waals surface area contributed by atoms with Crippen molar-refractivity contribution in [2.24, 2.45) is 0 Å². The Morgan fingerprint density at radius 3 is 2.70 bits per heavy atom. The third-order valence-electron chi connectivity index (χ3n) is 6.38. The predicted octanol–water partition coefficient (Wildman–Crippen LogP) is 4.96. The molecule has 1 atom stereocenters. The van der Waals surface area contributed by atoms with E-state index < -0.39 is 6.04 Å². The van der Waals surface area contributed by atoms with Crippen molar-refractivity contribution < 1.29 is 4.79 Å². The van der Waals surface area contributed by atoms with Crippen molar-refractivity contribution in [1.82, 2.24) is 29.5 Å². The highest BCUT2D eigenvalue weighted by Crippen LogP contribution is 2.31. The number of aryl methyl sites for hydroxylation is 1. The van der Waals surface area contributed by atoms with E-state index in [0.29, 0.717) is 28.0 Å². The van der Waals surface area contributed by atoms with Gasteiger partial charge in [0.2, 0.25) is 0 Å². The fourth-order valence-electron chi connectivity index (χ4n) is 4.70. The molecular formula is C28H22N6O2S. The monoisotopic (exact) mass is 506 g/mol. The smallest absolute Gasteiger partial charge is 0.263 e. The van der Waals surface area contributed by atoms with Crippen LogP contribution in [0.5, 0.6) is 0 Å². The van der Waals surface area contributed by atoms with Crippen molar-refractivity contribution in [3.63, 3.8) is 0 Å². The van der Waals surface area contributed by atoms with Gasteiger partial charge in [0, 0.05) is 35.5 Å². The molecule has 6 aromatic rings. The highest BCUT2D eigenvalue weighted by Gasteiger charge is 2.23. The molecule has 0 saturated carbocycles. The number of rotatable bonds is 5. The maximum absolute atomic E-state index is 14.1. The summed E-state index contributed by atoms with van der Waals surface area (Å²) >= 11 is 1.49. The van der Waals surface area contributed by atoms with E-state index in [9.17, 15) is 9.59 Å². The minimum Gasteiger partial charge on any atom is -0.344 e. The molecule has 182 valence electrons. The van der Waals surface area contributed by atoms with Crippen LogP contribution in [0, 0.1) is 6.92 Å². The molecule has 0 radical (unpaired) electrons. The lowest BCUT2D eigenvalue weighted by atomic mass is 10.0. The molecule has 0 bridgehead atoms. The average Bonchev–Trinajstić information content (AvgIpc) is 3.56. The molecule has 0 fully saturated rings. The van der Waals surface area contributed by atoms with E-state index in [1.807, 2.05) is 61.5 Å². The number of benzene rings is 2. The van der Waals surface area contributed by atoms with Gasteiger partial charge in [-0.3, -0.25) is 19.1 Å². The summed E-state index contributed by atoms with van der Waals surface area (Å²) in [6.45, 7) is 3.66. The van der Waals surface area contributed by atoms with Crippen LogP contribution in [-0.4, -0.2) is 30.1 Å². The number of aromatic nitrogens is 5. The Balaban J connectivity index is 1.51. The number of pyridine rings is 1. The van der Waals surface area contributed by atoms with E-state index in [1.54, 1.807) is 46.2 Å². The minimum atomic E-state index is -0.491. The van der Waals surface area contributed by atoms with Gasteiger partial charge in [0.1, 0.15) is 5.56 Å². The second kappa shape index (κ2) is 9.11. The van der Waals surface area contributed by atoms with Crippen LogP contribution < -0.4 is 10.9 Å². The fraction of sp³-hybridized carbons (Fsp3) is 0.107. The summed E-state index contributed by atoms with van der Waals surface area (Å²) in [6.07, 6.45) is 5.16. The van der Waals surface area contributed by atoms with Crippen LogP contribution in [0.2, 0.25) is 0 Å². The van der Waals surface area contributed by atoms with Gasteiger partial charge in [-0.25, -0.2) is 9.50 Å². The summed E-state index contributed by atoms with van der Waals surface area (Å²) < 4.78 is 3.27. The molecule has 4 aromatic heterocycles. The molecular weight excluding hydrogens is 484 g/mol. The van der Waals surface area contributed by atoms with Crippen LogP contribution in [-0.2, 0) is 0 Å². The Morgan fingerprint density at radius 2 is 1.92 bits per heavy atom. The third-order valence-corrected chi connectivity index (χ3v) is 7.18. The third kappa shape index (κ3) is 3.89. The topological polar surface area (TPSA) is 94.2 Å². The summed E-state index contributed by atoms with van der Waals surface area (Å²) in [6, 6.07) is 18.5. The highest BCUT2D eigenvalue weighted by molar-refractivity contribution is 7.13. The van der Waals surface area contributed by atoms with Gasteiger partial charge >= 0.3 is 0 Å². The first-order chi connectivity index (χ1) is 18.0.